The molecule has 0 radical (unpaired) electrons. The summed E-state index contributed by atoms with van der Waals surface area (Å²) >= 11 is 0. The maximum atomic E-state index is 11.9. The summed E-state index contributed by atoms with van der Waals surface area (Å²) < 4.78 is 5.17. The van der Waals surface area contributed by atoms with Crippen LogP contribution in [0.3, 0.4) is 0 Å². The normalized spacial score (nSPS) is 15.8. The zero-order chi connectivity index (χ0) is 12.4. The highest BCUT2D eigenvalue weighted by atomic mass is 16.5. The van der Waals surface area contributed by atoms with E-state index in [2.05, 4.69) is 0 Å². The van der Waals surface area contributed by atoms with E-state index in [1.807, 2.05) is 18.2 Å². The summed E-state index contributed by atoms with van der Waals surface area (Å²) in [5.74, 6) is -0.0154. The standard InChI is InChI=1S/C13H18N2O2/c1-9(14)13(16)15-7-6-11-10(8-17-2)4-3-5-12(11)15/h3-5,9H,6-8,14H2,1-2H3/t9-/m1/s1. The first-order valence-electron chi connectivity index (χ1n) is 5.81. The first-order chi connectivity index (χ1) is 8.15. The Morgan fingerprint density at radius 2 is 2.35 bits per heavy atom. The van der Waals surface area contributed by atoms with Crippen molar-refractivity contribution in [2.75, 3.05) is 18.6 Å². The Morgan fingerprint density at radius 1 is 1.59 bits per heavy atom. The number of carbonyl (C=O) groups is 1. The Labute approximate surface area is 101 Å². The molecule has 4 heteroatoms. The zero-order valence-corrected chi connectivity index (χ0v) is 10.3. The van der Waals surface area contributed by atoms with Crippen LogP contribution in [0.15, 0.2) is 18.2 Å². The Balaban J connectivity index is 2.32. The van der Waals surface area contributed by atoms with Crippen LogP contribution >= 0.6 is 0 Å². The molecule has 0 unspecified atom stereocenters. The van der Waals surface area contributed by atoms with Gasteiger partial charge in [0.05, 0.1) is 12.6 Å². The number of benzene rings is 1. The molecule has 4 nitrogen and oxygen atoms in total. The lowest BCUT2D eigenvalue weighted by atomic mass is 10.1. The van der Waals surface area contributed by atoms with Crippen LogP contribution in [0.1, 0.15) is 18.1 Å². The third kappa shape index (κ3) is 2.18. The van der Waals surface area contributed by atoms with Crippen LogP contribution < -0.4 is 10.6 Å². The Bertz CT molecular complexity index is 429. The van der Waals surface area contributed by atoms with Crippen LogP contribution in [0.25, 0.3) is 0 Å². The third-order valence-corrected chi connectivity index (χ3v) is 3.08. The van der Waals surface area contributed by atoms with Crippen LogP contribution in [0.5, 0.6) is 0 Å². The largest absolute Gasteiger partial charge is 0.380 e. The molecule has 0 saturated heterocycles. The van der Waals surface area contributed by atoms with Gasteiger partial charge in [0.1, 0.15) is 0 Å². The van der Waals surface area contributed by atoms with Gasteiger partial charge in [-0.25, -0.2) is 0 Å². The fraction of sp³-hybridized carbons (Fsp3) is 0.462. The fourth-order valence-corrected chi connectivity index (χ4v) is 2.27. The SMILES string of the molecule is COCc1cccc2c1CCN2C(=O)[C@@H](C)N. The average Bonchev–Trinajstić information content (AvgIpc) is 2.73. The fourth-order valence-electron chi connectivity index (χ4n) is 2.27. The number of carbonyl (C=O) groups excluding carboxylic acids is 1. The van der Waals surface area contributed by atoms with E-state index in [0.717, 1.165) is 24.2 Å². The van der Waals surface area contributed by atoms with Crippen LogP contribution in [-0.4, -0.2) is 25.6 Å². The molecular weight excluding hydrogens is 216 g/mol. The smallest absolute Gasteiger partial charge is 0.243 e. The minimum absolute atomic E-state index is 0.0154. The summed E-state index contributed by atoms with van der Waals surface area (Å²) in [7, 11) is 1.68. The van der Waals surface area contributed by atoms with Crippen LogP contribution in [0.4, 0.5) is 5.69 Å². The number of amides is 1. The molecule has 92 valence electrons. The van der Waals surface area contributed by atoms with Gasteiger partial charge in [-0.05, 0) is 30.5 Å². The topological polar surface area (TPSA) is 55.6 Å². The Morgan fingerprint density at radius 3 is 3.00 bits per heavy atom. The molecule has 1 heterocycles. The van der Waals surface area contributed by atoms with E-state index in [9.17, 15) is 4.79 Å². The number of nitrogens with zero attached hydrogens (tertiary/aromatic N) is 1. The highest BCUT2D eigenvalue weighted by molar-refractivity contribution is 5.98. The molecule has 0 spiro atoms. The number of hydrogen-bond acceptors (Lipinski definition) is 3. The molecule has 1 aliphatic heterocycles. The van der Waals surface area contributed by atoms with Crippen molar-refractivity contribution in [2.45, 2.75) is 26.0 Å². The van der Waals surface area contributed by atoms with Crippen molar-refractivity contribution < 1.29 is 9.53 Å². The monoisotopic (exact) mass is 234 g/mol. The van der Waals surface area contributed by atoms with E-state index in [-0.39, 0.29) is 5.91 Å². The first-order valence-corrected chi connectivity index (χ1v) is 5.81. The van der Waals surface area contributed by atoms with Gasteiger partial charge in [0.2, 0.25) is 5.91 Å². The molecule has 1 aromatic rings. The van der Waals surface area contributed by atoms with Gasteiger partial charge in [-0.2, -0.15) is 0 Å². The van der Waals surface area contributed by atoms with Gasteiger partial charge in [-0.3, -0.25) is 4.79 Å². The summed E-state index contributed by atoms with van der Waals surface area (Å²) in [6, 6.07) is 5.52. The third-order valence-electron chi connectivity index (χ3n) is 3.08. The lowest BCUT2D eigenvalue weighted by Gasteiger charge is -2.19. The highest BCUT2D eigenvalue weighted by Crippen LogP contribution is 2.31. The molecule has 0 bridgehead atoms. The summed E-state index contributed by atoms with van der Waals surface area (Å²) in [4.78, 5) is 13.7. The van der Waals surface area contributed by atoms with Gasteiger partial charge in [0, 0.05) is 19.3 Å². The Hall–Kier alpha value is -1.39. The Kier molecular flexibility index (Phi) is 3.45. The van der Waals surface area contributed by atoms with Crippen molar-refractivity contribution in [1.29, 1.82) is 0 Å². The number of ether oxygens (including phenoxy) is 1. The molecule has 0 aromatic heterocycles. The second-order valence-electron chi connectivity index (χ2n) is 4.38. The minimum atomic E-state index is -0.452. The average molecular weight is 234 g/mol. The van der Waals surface area contributed by atoms with Crippen LogP contribution in [0, 0.1) is 0 Å². The molecular formula is C13H18N2O2. The highest BCUT2D eigenvalue weighted by Gasteiger charge is 2.27. The maximum absolute atomic E-state index is 11.9. The lowest BCUT2D eigenvalue weighted by molar-refractivity contribution is -0.119. The van der Waals surface area contributed by atoms with Crippen molar-refractivity contribution in [2.24, 2.45) is 5.73 Å². The number of nitrogens with two attached hydrogens (primary N) is 1. The van der Waals surface area contributed by atoms with Gasteiger partial charge in [-0.1, -0.05) is 12.1 Å². The number of fused-ring (bicyclic) bond motifs is 1. The molecule has 2 rings (SSSR count). The van der Waals surface area contributed by atoms with E-state index < -0.39 is 6.04 Å². The summed E-state index contributed by atoms with van der Waals surface area (Å²) in [6.07, 6.45) is 0.882. The van der Waals surface area contributed by atoms with Gasteiger partial charge in [0.25, 0.3) is 0 Å². The van der Waals surface area contributed by atoms with Crippen molar-refractivity contribution >= 4 is 11.6 Å². The molecule has 17 heavy (non-hydrogen) atoms. The predicted octanol–water partition coefficient (Wildman–Crippen LogP) is 1.07. The van der Waals surface area contributed by atoms with Crippen molar-refractivity contribution in [1.82, 2.24) is 0 Å². The second-order valence-corrected chi connectivity index (χ2v) is 4.38. The molecule has 1 atom stereocenters. The molecule has 0 aliphatic carbocycles. The molecule has 1 amide bonds. The summed E-state index contributed by atoms with van der Waals surface area (Å²) in [6.45, 7) is 3.03. The quantitative estimate of drug-likeness (QED) is 0.851. The van der Waals surface area contributed by atoms with Gasteiger partial charge < -0.3 is 15.4 Å². The van der Waals surface area contributed by atoms with E-state index >= 15 is 0 Å². The zero-order valence-electron chi connectivity index (χ0n) is 10.3. The van der Waals surface area contributed by atoms with Crippen molar-refractivity contribution in [3.63, 3.8) is 0 Å². The van der Waals surface area contributed by atoms with E-state index in [1.54, 1.807) is 18.9 Å². The molecule has 2 N–H and O–H groups in total. The second kappa shape index (κ2) is 4.85. The van der Waals surface area contributed by atoms with Crippen molar-refractivity contribution in [3.8, 4) is 0 Å². The van der Waals surface area contributed by atoms with Gasteiger partial charge >= 0.3 is 0 Å². The maximum Gasteiger partial charge on any atom is 0.243 e. The van der Waals surface area contributed by atoms with Gasteiger partial charge in [-0.15, -0.1) is 0 Å². The molecule has 0 fully saturated rings. The summed E-state index contributed by atoms with van der Waals surface area (Å²) in [5, 5.41) is 0. The number of anilines is 1. The first kappa shape index (κ1) is 12.1. The number of rotatable bonds is 3. The van der Waals surface area contributed by atoms with Crippen LogP contribution in [0.2, 0.25) is 0 Å². The van der Waals surface area contributed by atoms with Gasteiger partial charge in [0.15, 0.2) is 0 Å². The minimum Gasteiger partial charge on any atom is -0.380 e. The molecule has 0 saturated carbocycles. The van der Waals surface area contributed by atoms with E-state index in [0.29, 0.717) is 6.61 Å². The predicted molar refractivity (Wildman–Crippen MR) is 66.9 cm³/mol. The van der Waals surface area contributed by atoms with E-state index in [1.165, 1.54) is 5.56 Å². The number of methoxy groups -OCH3 is 1. The molecule has 1 aliphatic rings. The van der Waals surface area contributed by atoms with Crippen molar-refractivity contribution in [3.05, 3.63) is 29.3 Å². The van der Waals surface area contributed by atoms with Crippen LogP contribution in [-0.2, 0) is 22.6 Å². The molecule has 1 aromatic carbocycles. The van der Waals surface area contributed by atoms with E-state index in [4.69, 9.17) is 10.5 Å². The number of hydrogen-bond donors (Lipinski definition) is 1. The lowest BCUT2D eigenvalue weighted by Crippen LogP contribution is -2.41. The summed E-state index contributed by atoms with van der Waals surface area (Å²) in [5.41, 5.74) is 9.01.